The molecule has 0 radical (unpaired) electrons. The second-order valence-corrected chi connectivity index (χ2v) is 11.4. The van der Waals surface area contributed by atoms with Gasteiger partial charge in [0.15, 0.2) is 0 Å². The summed E-state index contributed by atoms with van der Waals surface area (Å²) in [5, 5.41) is 10.1. The highest BCUT2D eigenvalue weighted by atomic mass is 16.5. The van der Waals surface area contributed by atoms with Crippen LogP contribution in [-0.2, 0) is 25.7 Å². The van der Waals surface area contributed by atoms with Crippen molar-refractivity contribution in [3.63, 3.8) is 0 Å². The fourth-order valence-electron chi connectivity index (χ4n) is 6.94. The first-order valence-electron chi connectivity index (χ1n) is 14.2. The van der Waals surface area contributed by atoms with E-state index in [0.717, 1.165) is 18.4 Å². The molecular weight excluding hydrogens is 494 g/mol. The molecule has 4 rings (SSSR count). The van der Waals surface area contributed by atoms with Crippen molar-refractivity contribution in [3.05, 3.63) is 61.2 Å². The minimum atomic E-state index is -1.12. The van der Waals surface area contributed by atoms with Crippen LogP contribution in [0.1, 0.15) is 52.0 Å². The molecule has 212 valence electrons. The van der Waals surface area contributed by atoms with Crippen LogP contribution in [0, 0.1) is 11.8 Å². The zero-order chi connectivity index (χ0) is 28.4. The summed E-state index contributed by atoms with van der Waals surface area (Å²) in [6.45, 7) is 14.7. The first-order valence-corrected chi connectivity index (χ1v) is 14.2. The number of carbonyl (C=O) groups excluding carboxylic acids is 3. The van der Waals surface area contributed by atoms with Crippen LogP contribution in [0.4, 0.5) is 0 Å². The molecule has 3 aliphatic rings. The number of rotatable bonds is 13. The molecule has 8 nitrogen and oxygen atoms in total. The van der Waals surface area contributed by atoms with Gasteiger partial charge in [0, 0.05) is 26.2 Å². The number of hydrogen-bond donors (Lipinski definition) is 1. The van der Waals surface area contributed by atoms with Crippen LogP contribution in [0.5, 0.6) is 0 Å². The van der Waals surface area contributed by atoms with Gasteiger partial charge in [0.1, 0.15) is 11.6 Å². The maximum atomic E-state index is 14.3. The number of ether oxygens (including phenoxy) is 1. The third kappa shape index (κ3) is 4.93. The van der Waals surface area contributed by atoms with Gasteiger partial charge < -0.3 is 24.5 Å². The summed E-state index contributed by atoms with van der Waals surface area (Å²) in [6, 6.07) is 8.23. The largest absolute Gasteiger partial charge is 0.394 e. The highest BCUT2D eigenvalue weighted by Gasteiger charge is 2.78. The van der Waals surface area contributed by atoms with Crippen molar-refractivity contribution in [1.82, 2.24) is 14.7 Å². The van der Waals surface area contributed by atoms with Crippen LogP contribution in [0.15, 0.2) is 55.6 Å². The Bertz CT molecular complexity index is 1090. The van der Waals surface area contributed by atoms with Crippen molar-refractivity contribution in [3.8, 4) is 0 Å². The molecule has 3 amide bonds. The molecule has 3 fully saturated rings. The lowest BCUT2D eigenvalue weighted by Gasteiger charge is -2.38. The topological polar surface area (TPSA) is 90.4 Å². The van der Waals surface area contributed by atoms with Gasteiger partial charge in [-0.25, -0.2) is 0 Å². The summed E-state index contributed by atoms with van der Waals surface area (Å²) in [5.41, 5.74) is -1.01. The molecule has 39 heavy (non-hydrogen) atoms. The molecule has 2 unspecified atom stereocenters. The number of fused-ring (bicyclic) bond motifs is 1. The van der Waals surface area contributed by atoms with E-state index in [1.54, 1.807) is 28.9 Å². The van der Waals surface area contributed by atoms with Crippen LogP contribution in [-0.4, -0.2) is 87.1 Å². The Morgan fingerprint density at radius 3 is 2.44 bits per heavy atom. The number of unbranched alkanes of at least 4 members (excludes halogenated alkanes) is 1. The SMILES string of the molecule is C=CCN(CCCC)C(=O)C1N([C@H](C)CO)C(=O)[C@@H]2[C@@H](C(=O)N(CC=C)Cc3ccccc3)[C@@]3(C)CCC12O3. The van der Waals surface area contributed by atoms with E-state index in [2.05, 4.69) is 20.1 Å². The predicted molar refractivity (Wildman–Crippen MR) is 149 cm³/mol. The van der Waals surface area contributed by atoms with E-state index in [1.807, 2.05) is 37.3 Å². The second-order valence-electron chi connectivity index (χ2n) is 11.4. The summed E-state index contributed by atoms with van der Waals surface area (Å²) >= 11 is 0. The third-order valence-corrected chi connectivity index (χ3v) is 8.77. The lowest BCUT2D eigenvalue weighted by atomic mass is 9.66. The van der Waals surface area contributed by atoms with E-state index in [-0.39, 0.29) is 24.3 Å². The predicted octanol–water partition coefficient (Wildman–Crippen LogP) is 3.16. The van der Waals surface area contributed by atoms with Crippen molar-refractivity contribution in [2.24, 2.45) is 11.8 Å². The monoisotopic (exact) mass is 537 g/mol. The Morgan fingerprint density at radius 1 is 1.15 bits per heavy atom. The second kappa shape index (κ2) is 11.6. The molecule has 1 spiro atoms. The van der Waals surface area contributed by atoms with Crippen molar-refractivity contribution >= 4 is 17.7 Å². The normalized spacial score (nSPS) is 29.7. The molecule has 1 aromatic carbocycles. The molecule has 8 heteroatoms. The van der Waals surface area contributed by atoms with E-state index < -0.39 is 35.1 Å². The first-order chi connectivity index (χ1) is 18.7. The van der Waals surface area contributed by atoms with Gasteiger partial charge >= 0.3 is 0 Å². The van der Waals surface area contributed by atoms with E-state index in [0.29, 0.717) is 39.0 Å². The van der Waals surface area contributed by atoms with Crippen LogP contribution < -0.4 is 0 Å². The number of aliphatic hydroxyl groups is 1. The van der Waals surface area contributed by atoms with Crippen LogP contribution in [0.25, 0.3) is 0 Å². The molecule has 3 saturated heterocycles. The molecule has 6 atom stereocenters. The molecule has 2 bridgehead atoms. The summed E-state index contributed by atoms with van der Waals surface area (Å²) in [7, 11) is 0. The zero-order valence-corrected chi connectivity index (χ0v) is 23.6. The number of hydrogen-bond acceptors (Lipinski definition) is 5. The van der Waals surface area contributed by atoms with Gasteiger partial charge in [-0.1, -0.05) is 55.8 Å². The number of nitrogens with zero attached hydrogens (tertiary/aromatic N) is 3. The summed E-state index contributed by atoms with van der Waals surface area (Å²) in [4.78, 5) is 47.7. The van der Waals surface area contributed by atoms with Gasteiger partial charge in [-0.3, -0.25) is 14.4 Å². The minimum Gasteiger partial charge on any atom is -0.394 e. The molecule has 1 aromatic rings. The Kier molecular flexibility index (Phi) is 8.66. The van der Waals surface area contributed by atoms with Gasteiger partial charge in [0.05, 0.1) is 30.1 Å². The van der Waals surface area contributed by atoms with E-state index in [9.17, 15) is 19.5 Å². The molecule has 0 aliphatic carbocycles. The smallest absolute Gasteiger partial charge is 0.248 e. The summed E-state index contributed by atoms with van der Waals surface area (Å²) in [6.07, 6.45) is 6.20. The van der Waals surface area contributed by atoms with Crippen LogP contribution in [0.3, 0.4) is 0 Å². The average Bonchev–Trinajstić information content (AvgIpc) is 3.50. The number of likely N-dealkylation sites (tertiary alicyclic amines) is 1. The maximum absolute atomic E-state index is 14.3. The van der Waals surface area contributed by atoms with E-state index in [1.165, 1.54) is 4.90 Å². The van der Waals surface area contributed by atoms with Crippen molar-refractivity contribution in [2.45, 2.75) is 76.3 Å². The first kappa shape index (κ1) is 29.0. The average molecular weight is 538 g/mol. The summed E-state index contributed by atoms with van der Waals surface area (Å²) in [5.74, 6) is -2.20. The Labute approximate surface area is 232 Å². The zero-order valence-electron chi connectivity index (χ0n) is 23.6. The Balaban J connectivity index is 1.75. The lowest BCUT2D eigenvalue weighted by molar-refractivity contribution is -0.156. The van der Waals surface area contributed by atoms with Gasteiger partial charge in [-0.15, -0.1) is 13.2 Å². The summed E-state index contributed by atoms with van der Waals surface area (Å²) < 4.78 is 6.75. The molecule has 0 saturated carbocycles. The highest BCUT2D eigenvalue weighted by Crippen LogP contribution is 2.63. The Morgan fingerprint density at radius 2 is 1.82 bits per heavy atom. The fourth-order valence-corrected chi connectivity index (χ4v) is 6.94. The van der Waals surface area contributed by atoms with Gasteiger partial charge in [0.2, 0.25) is 17.7 Å². The third-order valence-electron chi connectivity index (χ3n) is 8.77. The minimum absolute atomic E-state index is 0.167. The van der Waals surface area contributed by atoms with Gasteiger partial charge in [-0.2, -0.15) is 0 Å². The highest BCUT2D eigenvalue weighted by molar-refractivity contribution is 5.99. The van der Waals surface area contributed by atoms with E-state index in [4.69, 9.17) is 4.74 Å². The molecule has 0 aromatic heterocycles. The fraction of sp³-hybridized carbons (Fsp3) is 0.581. The molecule has 3 aliphatic heterocycles. The number of aliphatic hydroxyl groups excluding tert-OH is 1. The van der Waals surface area contributed by atoms with Gasteiger partial charge in [-0.05, 0) is 38.7 Å². The number of amides is 3. The maximum Gasteiger partial charge on any atom is 0.248 e. The van der Waals surface area contributed by atoms with Gasteiger partial charge in [0.25, 0.3) is 0 Å². The Hall–Kier alpha value is -2.97. The van der Waals surface area contributed by atoms with Crippen LogP contribution in [0.2, 0.25) is 0 Å². The standard InChI is InChI=1S/C31H43N3O5/c1-6-9-19-32(17-7-2)29(38)26-31-16-15-30(5,39-31)24(25(31)28(37)34(26)22(4)21-35)27(36)33(18-8-3)20-23-13-11-10-12-14-23/h7-8,10-14,22,24-26,35H,2-3,6,9,15-21H2,1,4-5H3/t22-,24+,25+,26?,30-,31?/m1/s1. The number of carbonyl (C=O) groups is 3. The molecular formula is C31H43N3O5. The van der Waals surface area contributed by atoms with Crippen molar-refractivity contribution in [2.75, 3.05) is 26.2 Å². The lowest BCUT2D eigenvalue weighted by Crippen LogP contribution is -2.58. The van der Waals surface area contributed by atoms with Crippen molar-refractivity contribution < 1.29 is 24.2 Å². The molecule has 1 N–H and O–H groups in total. The quantitative estimate of drug-likeness (QED) is 0.391. The van der Waals surface area contributed by atoms with E-state index >= 15 is 0 Å². The van der Waals surface area contributed by atoms with Crippen molar-refractivity contribution in [1.29, 1.82) is 0 Å². The number of benzene rings is 1. The molecule has 3 heterocycles. The van der Waals surface area contributed by atoms with Crippen LogP contribution >= 0.6 is 0 Å².